The van der Waals surface area contributed by atoms with Crippen LogP contribution in [0.25, 0.3) is 0 Å². The van der Waals surface area contributed by atoms with Gasteiger partial charge in [0.15, 0.2) is 0 Å². The third-order valence-electron chi connectivity index (χ3n) is 4.99. The molecule has 1 unspecified atom stereocenters. The third kappa shape index (κ3) is 6.80. The van der Waals surface area contributed by atoms with E-state index in [1.807, 2.05) is 67.7 Å². The van der Waals surface area contributed by atoms with Gasteiger partial charge in [-0.15, -0.1) is 0 Å². The molecule has 3 aromatic carbocycles. The SMILES string of the molecule is COc1ccc(CN(C)SCC(N)(COCc2ccccc2)c2ccccc2F)cc1. The van der Waals surface area contributed by atoms with E-state index in [9.17, 15) is 4.39 Å². The zero-order valence-electron chi connectivity index (χ0n) is 18.0. The molecule has 0 aliphatic rings. The van der Waals surface area contributed by atoms with E-state index in [-0.39, 0.29) is 12.4 Å². The normalized spacial score (nSPS) is 13.2. The smallest absolute Gasteiger partial charge is 0.128 e. The summed E-state index contributed by atoms with van der Waals surface area (Å²) < 4.78 is 27.9. The van der Waals surface area contributed by atoms with E-state index in [4.69, 9.17) is 15.2 Å². The lowest BCUT2D eigenvalue weighted by Gasteiger charge is -2.31. The topological polar surface area (TPSA) is 47.7 Å². The summed E-state index contributed by atoms with van der Waals surface area (Å²) in [6.07, 6.45) is 0. The fraction of sp³-hybridized carbons (Fsp3) is 0.280. The van der Waals surface area contributed by atoms with Crippen molar-refractivity contribution in [2.75, 3.05) is 26.5 Å². The first-order valence-corrected chi connectivity index (χ1v) is 11.1. The molecule has 2 N–H and O–H groups in total. The van der Waals surface area contributed by atoms with E-state index in [1.165, 1.54) is 6.07 Å². The van der Waals surface area contributed by atoms with Crippen LogP contribution in [0, 0.1) is 5.82 Å². The molecule has 1 atom stereocenters. The van der Waals surface area contributed by atoms with Gasteiger partial charge in [0.2, 0.25) is 0 Å². The van der Waals surface area contributed by atoms with Gasteiger partial charge in [-0.25, -0.2) is 8.70 Å². The van der Waals surface area contributed by atoms with Crippen molar-refractivity contribution >= 4 is 11.9 Å². The Kier molecular flexibility index (Phi) is 8.49. The zero-order valence-corrected chi connectivity index (χ0v) is 18.8. The summed E-state index contributed by atoms with van der Waals surface area (Å²) in [6.45, 7) is 1.37. The molecule has 3 rings (SSSR count). The van der Waals surface area contributed by atoms with Crippen molar-refractivity contribution in [1.82, 2.24) is 4.31 Å². The molecule has 31 heavy (non-hydrogen) atoms. The summed E-state index contributed by atoms with van der Waals surface area (Å²) >= 11 is 1.57. The number of halogens is 1. The third-order valence-corrected chi connectivity index (χ3v) is 6.20. The predicted octanol–water partition coefficient (Wildman–Crippen LogP) is 4.99. The second-order valence-electron chi connectivity index (χ2n) is 7.52. The fourth-order valence-electron chi connectivity index (χ4n) is 3.25. The Morgan fingerprint density at radius 2 is 1.61 bits per heavy atom. The number of ether oxygens (including phenoxy) is 2. The van der Waals surface area contributed by atoms with E-state index in [0.29, 0.717) is 17.9 Å². The number of benzene rings is 3. The first-order chi connectivity index (χ1) is 15.0. The molecule has 6 heteroatoms. The second-order valence-corrected chi connectivity index (χ2v) is 8.69. The minimum atomic E-state index is -0.959. The highest BCUT2D eigenvalue weighted by Crippen LogP contribution is 2.28. The average Bonchev–Trinajstić information content (AvgIpc) is 2.79. The molecule has 0 bridgehead atoms. The molecular formula is C25H29FN2O2S. The average molecular weight is 441 g/mol. The van der Waals surface area contributed by atoms with Crippen LogP contribution in [0.4, 0.5) is 4.39 Å². The van der Waals surface area contributed by atoms with Crippen molar-refractivity contribution in [3.05, 3.63) is 101 Å². The minimum Gasteiger partial charge on any atom is -0.497 e. The Balaban J connectivity index is 1.64. The second kappa shape index (κ2) is 11.3. The summed E-state index contributed by atoms with van der Waals surface area (Å²) in [7, 11) is 3.65. The predicted molar refractivity (Wildman–Crippen MR) is 125 cm³/mol. The Morgan fingerprint density at radius 1 is 0.935 bits per heavy atom. The Bertz CT molecular complexity index is 940. The van der Waals surface area contributed by atoms with Crippen molar-refractivity contribution in [1.29, 1.82) is 0 Å². The zero-order chi connectivity index (χ0) is 22.1. The standard InChI is InChI=1S/C25H29FN2O2S/c1-28(16-20-12-14-22(29-2)15-13-20)31-19-25(27,23-10-6-7-11-24(23)26)18-30-17-21-8-4-3-5-9-21/h3-15H,16-19,27H2,1-2H3. The van der Waals surface area contributed by atoms with Gasteiger partial charge >= 0.3 is 0 Å². The minimum absolute atomic E-state index is 0.214. The van der Waals surface area contributed by atoms with Crippen LogP contribution in [0.1, 0.15) is 16.7 Å². The quantitative estimate of drug-likeness (QED) is 0.426. The highest BCUT2D eigenvalue weighted by molar-refractivity contribution is 7.97. The Morgan fingerprint density at radius 3 is 2.29 bits per heavy atom. The van der Waals surface area contributed by atoms with E-state index in [0.717, 1.165) is 23.4 Å². The molecule has 0 spiro atoms. The molecule has 0 aromatic heterocycles. The van der Waals surface area contributed by atoms with Crippen LogP contribution < -0.4 is 10.5 Å². The summed E-state index contributed by atoms with van der Waals surface area (Å²) in [5, 5.41) is 0. The van der Waals surface area contributed by atoms with Crippen molar-refractivity contribution in [2.45, 2.75) is 18.7 Å². The number of nitrogens with two attached hydrogens (primary N) is 1. The number of hydrogen-bond donors (Lipinski definition) is 1. The number of methoxy groups -OCH3 is 1. The Labute approximate surface area is 188 Å². The van der Waals surface area contributed by atoms with Crippen molar-refractivity contribution in [3.63, 3.8) is 0 Å². The maximum Gasteiger partial charge on any atom is 0.128 e. The summed E-state index contributed by atoms with van der Waals surface area (Å²) in [6, 6.07) is 24.5. The maximum atomic E-state index is 14.6. The lowest BCUT2D eigenvalue weighted by Crippen LogP contribution is -2.45. The summed E-state index contributed by atoms with van der Waals surface area (Å²) in [5.74, 6) is 0.997. The van der Waals surface area contributed by atoms with Gasteiger partial charge in [-0.1, -0.05) is 72.6 Å². The molecule has 164 valence electrons. The van der Waals surface area contributed by atoms with E-state index in [2.05, 4.69) is 4.31 Å². The van der Waals surface area contributed by atoms with Crippen LogP contribution in [0.3, 0.4) is 0 Å². The van der Waals surface area contributed by atoms with Gasteiger partial charge < -0.3 is 15.2 Å². The first kappa shape index (κ1) is 23.3. The number of nitrogens with zero attached hydrogens (tertiary/aromatic N) is 1. The van der Waals surface area contributed by atoms with Gasteiger partial charge in [0.25, 0.3) is 0 Å². The van der Waals surface area contributed by atoms with Gasteiger partial charge in [0, 0.05) is 17.9 Å². The van der Waals surface area contributed by atoms with Gasteiger partial charge in [0.05, 0.1) is 25.9 Å². The fourth-order valence-corrected chi connectivity index (χ4v) is 4.18. The molecule has 0 fully saturated rings. The van der Waals surface area contributed by atoms with Crippen LogP contribution in [0.5, 0.6) is 5.75 Å². The lowest BCUT2D eigenvalue weighted by atomic mass is 9.93. The summed E-state index contributed by atoms with van der Waals surface area (Å²) in [4.78, 5) is 0. The molecular weight excluding hydrogens is 411 g/mol. The van der Waals surface area contributed by atoms with Gasteiger partial charge in [-0.2, -0.15) is 0 Å². The van der Waals surface area contributed by atoms with Crippen molar-refractivity contribution in [2.24, 2.45) is 5.73 Å². The van der Waals surface area contributed by atoms with Crippen LogP contribution in [0.2, 0.25) is 0 Å². The Hall–Kier alpha value is -2.38. The molecule has 3 aromatic rings. The van der Waals surface area contributed by atoms with Crippen LogP contribution >= 0.6 is 11.9 Å². The van der Waals surface area contributed by atoms with Crippen molar-refractivity contribution in [3.8, 4) is 5.75 Å². The van der Waals surface area contributed by atoms with Gasteiger partial charge in [0.1, 0.15) is 11.6 Å². The molecule has 0 saturated heterocycles. The first-order valence-electron chi connectivity index (χ1n) is 10.1. The maximum absolute atomic E-state index is 14.6. The molecule has 0 saturated carbocycles. The lowest BCUT2D eigenvalue weighted by molar-refractivity contribution is 0.0786. The summed E-state index contributed by atoms with van der Waals surface area (Å²) in [5.41, 5.74) is 8.46. The molecule has 0 radical (unpaired) electrons. The molecule has 0 aliphatic heterocycles. The van der Waals surface area contributed by atoms with Crippen LogP contribution in [-0.4, -0.2) is 30.8 Å². The number of rotatable bonds is 11. The van der Waals surface area contributed by atoms with Crippen LogP contribution in [-0.2, 0) is 23.4 Å². The van der Waals surface area contributed by atoms with Gasteiger partial charge in [-0.05, 0) is 36.4 Å². The van der Waals surface area contributed by atoms with Crippen LogP contribution in [0.15, 0.2) is 78.9 Å². The monoisotopic (exact) mass is 440 g/mol. The largest absolute Gasteiger partial charge is 0.497 e. The highest BCUT2D eigenvalue weighted by Gasteiger charge is 2.31. The molecule has 0 aliphatic carbocycles. The van der Waals surface area contributed by atoms with Crippen molar-refractivity contribution < 1.29 is 13.9 Å². The molecule has 4 nitrogen and oxygen atoms in total. The molecule has 0 heterocycles. The molecule has 0 amide bonds. The van der Waals surface area contributed by atoms with Gasteiger partial charge in [-0.3, -0.25) is 0 Å². The number of hydrogen-bond acceptors (Lipinski definition) is 5. The van der Waals surface area contributed by atoms with E-state index >= 15 is 0 Å². The van der Waals surface area contributed by atoms with E-state index < -0.39 is 5.54 Å². The van der Waals surface area contributed by atoms with E-state index in [1.54, 1.807) is 31.2 Å². The highest BCUT2D eigenvalue weighted by atomic mass is 32.2.